The molecule has 96 valence electrons. The molecule has 0 amide bonds. The Labute approximate surface area is 109 Å². The number of para-hydroxylation sites is 2. The molecule has 6 heteroatoms. The van der Waals surface area contributed by atoms with E-state index in [1.807, 2.05) is 24.3 Å². The van der Waals surface area contributed by atoms with E-state index < -0.39 is 0 Å². The van der Waals surface area contributed by atoms with Gasteiger partial charge in [0.25, 0.3) is 0 Å². The van der Waals surface area contributed by atoms with Crippen molar-refractivity contribution in [2.24, 2.45) is 0 Å². The van der Waals surface area contributed by atoms with E-state index in [9.17, 15) is 0 Å². The molecule has 0 atom stereocenters. The molecule has 0 spiro atoms. The molecular formula is C13H12N4O2. The molecule has 0 bridgehead atoms. The number of benzene rings is 1. The lowest BCUT2D eigenvalue weighted by Crippen LogP contribution is -1.61. The van der Waals surface area contributed by atoms with Crippen molar-refractivity contribution in [1.82, 2.24) is 19.9 Å². The summed E-state index contributed by atoms with van der Waals surface area (Å²) >= 11 is 0. The van der Waals surface area contributed by atoms with Crippen molar-refractivity contribution in [3.8, 4) is 0 Å². The quantitative estimate of drug-likeness (QED) is 0.523. The van der Waals surface area contributed by atoms with Gasteiger partial charge in [-0.25, -0.2) is 15.0 Å². The van der Waals surface area contributed by atoms with Crippen molar-refractivity contribution in [1.29, 1.82) is 0 Å². The van der Waals surface area contributed by atoms with Gasteiger partial charge in [-0.3, -0.25) is 0 Å². The minimum atomic E-state index is 0.845. The molecule has 0 unspecified atom stereocenters. The number of hydrogen-bond donors (Lipinski definition) is 1. The number of fused-ring (bicyclic) bond motifs is 1. The number of oxazole rings is 2. The van der Waals surface area contributed by atoms with Crippen LogP contribution in [0.4, 0.5) is 0 Å². The van der Waals surface area contributed by atoms with Crippen molar-refractivity contribution < 1.29 is 8.83 Å². The number of aromatic amines is 1. The van der Waals surface area contributed by atoms with Gasteiger partial charge in [-0.1, -0.05) is 12.1 Å². The first kappa shape index (κ1) is 12.6. The topological polar surface area (TPSA) is 80.7 Å². The van der Waals surface area contributed by atoms with E-state index >= 15 is 0 Å². The summed E-state index contributed by atoms with van der Waals surface area (Å²) in [6.45, 7) is 0. The summed E-state index contributed by atoms with van der Waals surface area (Å²) in [6, 6.07) is 7.67. The molecule has 0 radical (unpaired) electrons. The van der Waals surface area contributed by atoms with Crippen molar-refractivity contribution in [3.63, 3.8) is 0 Å². The summed E-state index contributed by atoms with van der Waals surface area (Å²) in [7, 11) is 0. The maximum absolute atomic E-state index is 5.01. The normalized spacial score (nSPS) is 9.05. The predicted molar refractivity (Wildman–Crippen MR) is 69.1 cm³/mol. The van der Waals surface area contributed by atoms with Gasteiger partial charge in [0.2, 0.25) is 0 Å². The monoisotopic (exact) mass is 256 g/mol. The first-order chi connectivity index (χ1) is 9.47. The van der Waals surface area contributed by atoms with E-state index in [0.717, 1.165) is 11.1 Å². The maximum atomic E-state index is 5.01. The molecule has 3 aromatic heterocycles. The average molecular weight is 256 g/mol. The standard InChI is InChI=1S/C7H5NO.C3H4N2.C3H3NO/c1-2-4-7-6(3-1)8-5-9-7;2*1-2-5-3-4-1/h1-5H;1-3H,(H,4,5);1-3H. The second-order valence-corrected chi connectivity index (χ2v) is 3.26. The van der Waals surface area contributed by atoms with Crippen molar-refractivity contribution >= 4 is 11.1 Å². The zero-order valence-electron chi connectivity index (χ0n) is 10.0. The first-order valence-corrected chi connectivity index (χ1v) is 5.50. The van der Waals surface area contributed by atoms with Crippen LogP contribution in [0, 0.1) is 0 Å². The van der Waals surface area contributed by atoms with Gasteiger partial charge in [-0.15, -0.1) is 0 Å². The van der Waals surface area contributed by atoms with E-state index in [-0.39, 0.29) is 0 Å². The summed E-state index contributed by atoms with van der Waals surface area (Å²) < 4.78 is 9.48. The molecule has 4 aromatic rings. The first-order valence-electron chi connectivity index (χ1n) is 5.50. The van der Waals surface area contributed by atoms with E-state index in [1.165, 1.54) is 19.1 Å². The van der Waals surface area contributed by atoms with E-state index in [1.54, 1.807) is 24.9 Å². The number of H-pyrrole nitrogens is 1. The largest absolute Gasteiger partial charge is 0.452 e. The van der Waals surface area contributed by atoms with Gasteiger partial charge in [0.1, 0.15) is 11.8 Å². The Morgan fingerprint density at radius 3 is 2.47 bits per heavy atom. The van der Waals surface area contributed by atoms with Crippen LogP contribution in [0.3, 0.4) is 0 Å². The predicted octanol–water partition coefficient (Wildman–Crippen LogP) is 2.91. The lowest BCUT2D eigenvalue weighted by Gasteiger charge is -1.79. The van der Waals surface area contributed by atoms with Crippen LogP contribution >= 0.6 is 0 Å². The molecule has 0 aliphatic rings. The van der Waals surface area contributed by atoms with Gasteiger partial charge in [0.05, 0.1) is 12.5 Å². The van der Waals surface area contributed by atoms with Gasteiger partial charge in [-0.05, 0) is 12.1 Å². The van der Waals surface area contributed by atoms with Gasteiger partial charge in [0.15, 0.2) is 18.4 Å². The highest BCUT2D eigenvalue weighted by Gasteiger charge is 1.91. The number of nitrogens with zero attached hydrogens (tertiary/aromatic N) is 3. The Kier molecular flexibility index (Phi) is 4.92. The highest BCUT2D eigenvalue weighted by molar-refractivity contribution is 5.71. The van der Waals surface area contributed by atoms with Gasteiger partial charge < -0.3 is 13.8 Å². The van der Waals surface area contributed by atoms with Crippen LogP contribution < -0.4 is 0 Å². The average Bonchev–Trinajstić information content (AvgIpc) is 3.22. The number of nitrogens with one attached hydrogen (secondary N) is 1. The van der Waals surface area contributed by atoms with Crippen molar-refractivity contribution in [2.45, 2.75) is 0 Å². The third-order valence-electron chi connectivity index (χ3n) is 1.99. The zero-order chi connectivity index (χ0) is 13.2. The fourth-order valence-corrected chi connectivity index (χ4v) is 1.19. The Morgan fingerprint density at radius 2 is 1.95 bits per heavy atom. The molecule has 0 aliphatic carbocycles. The van der Waals surface area contributed by atoms with Crippen LogP contribution in [0.15, 0.2) is 77.1 Å². The van der Waals surface area contributed by atoms with Gasteiger partial charge in [0, 0.05) is 12.4 Å². The van der Waals surface area contributed by atoms with Crippen molar-refractivity contribution in [3.05, 3.63) is 68.2 Å². The Balaban J connectivity index is 0.000000114. The minimum Gasteiger partial charge on any atom is -0.452 e. The fourth-order valence-electron chi connectivity index (χ4n) is 1.19. The molecule has 3 heterocycles. The Morgan fingerprint density at radius 1 is 1.00 bits per heavy atom. The zero-order valence-corrected chi connectivity index (χ0v) is 10.0. The molecule has 0 saturated carbocycles. The molecule has 0 aliphatic heterocycles. The molecule has 0 fully saturated rings. The number of hydrogen-bond acceptors (Lipinski definition) is 5. The van der Waals surface area contributed by atoms with E-state index in [0.29, 0.717) is 0 Å². The van der Waals surface area contributed by atoms with Gasteiger partial charge in [-0.2, -0.15) is 0 Å². The summed E-state index contributed by atoms with van der Waals surface area (Å²) in [5.74, 6) is 0. The Hall–Kier alpha value is -2.89. The van der Waals surface area contributed by atoms with Gasteiger partial charge >= 0.3 is 0 Å². The summed E-state index contributed by atoms with van der Waals surface area (Å²) in [4.78, 5) is 13.9. The van der Waals surface area contributed by atoms with Crippen LogP contribution in [-0.4, -0.2) is 19.9 Å². The lowest BCUT2D eigenvalue weighted by atomic mass is 10.3. The van der Waals surface area contributed by atoms with Crippen LogP contribution in [0.1, 0.15) is 0 Å². The summed E-state index contributed by atoms with van der Waals surface area (Å²) in [6.07, 6.45) is 11.0. The smallest absolute Gasteiger partial charge is 0.181 e. The summed E-state index contributed by atoms with van der Waals surface area (Å²) in [5.41, 5.74) is 1.76. The molecule has 1 N–H and O–H groups in total. The highest BCUT2D eigenvalue weighted by atomic mass is 16.3. The van der Waals surface area contributed by atoms with E-state index in [4.69, 9.17) is 4.42 Å². The second kappa shape index (κ2) is 7.44. The van der Waals surface area contributed by atoms with Crippen LogP contribution in [0.2, 0.25) is 0 Å². The molecular weight excluding hydrogens is 244 g/mol. The maximum Gasteiger partial charge on any atom is 0.181 e. The van der Waals surface area contributed by atoms with Crippen LogP contribution in [-0.2, 0) is 0 Å². The third-order valence-corrected chi connectivity index (χ3v) is 1.99. The number of aromatic nitrogens is 4. The molecule has 1 aromatic carbocycles. The molecule has 6 nitrogen and oxygen atoms in total. The number of rotatable bonds is 0. The molecule has 4 rings (SSSR count). The summed E-state index contributed by atoms with van der Waals surface area (Å²) in [5, 5.41) is 0. The Bertz CT molecular complexity index is 553. The highest BCUT2D eigenvalue weighted by Crippen LogP contribution is 2.09. The van der Waals surface area contributed by atoms with E-state index in [2.05, 4.69) is 24.4 Å². The SMILES string of the molecule is c1c[nH]cn1.c1ccc2ocnc2c1.c1cocn1. The second-order valence-electron chi connectivity index (χ2n) is 3.26. The van der Waals surface area contributed by atoms with Crippen LogP contribution in [0.25, 0.3) is 11.1 Å². The molecule has 0 saturated heterocycles. The third kappa shape index (κ3) is 4.47. The van der Waals surface area contributed by atoms with Crippen molar-refractivity contribution in [2.75, 3.05) is 0 Å². The molecule has 19 heavy (non-hydrogen) atoms. The minimum absolute atomic E-state index is 0.845. The number of imidazole rings is 1. The lowest BCUT2D eigenvalue weighted by molar-refractivity contribution is 0.558. The van der Waals surface area contributed by atoms with Crippen LogP contribution in [0.5, 0.6) is 0 Å². The fraction of sp³-hybridized carbons (Fsp3) is 0.